The zero-order valence-corrected chi connectivity index (χ0v) is 19.7. The fourth-order valence-electron chi connectivity index (χ4n) is 3.27. The smallest absolute Gasteiger partial charge is 0.250 e. The molecular formula is C25H23ClN6OS. The van der Waals surface area contributed by atoms with E-state index in [9.17, 15) is 4.79 Å². The second-order valence-corrected chi connectivity index (χ2v) is 8.93. The van der Waals surface area contributed by atoms with Crippen molar-refractivity contribution in [3.05, 3.63) is 112 Å². The van der Waals surface area contributed by atoms with Crippen LogP contribution in [0.4, 0.5) is 17.1 Å². The summed E-state index contributed by atoms with van der Waals surface area (Å²) in [6, 6.07) is 20.1. The van der Waals surface area contributed by atoms with Crippen molar-refractivity contribution in [3.63, 3.8) is 0 Å². The number of hydrogen-bond donors (Lipinski definition) is 4. The van der Waals surface area contributed by atoms with Gasteiger partial charge in [0.1, 0.15) is 0 Å². The van der Waals surface area contributed by atoms with Crippen LogP contribution < -0.4 is 21.3 Å². The Morgan fingerprint density at radius 3 is 2.68 bits per heavy atom. The van der Waals surface area contributed by atoms with E-state index in [0.29, 0.717) is 35.1 Å². The number of nitrogens with two attached hydrogens (primary N) is 1. The van der Waals surface area contributed by atoms with E-state index >= 15 is 0 Å². The van der Waals surface area contributed by atoms with Crippen molar-refractivity contribution in [2.24, 2.45) is 0 Å². The fraction of sp³-hybridized carbons (Fsp3) is 0.0800. The van der Waals surface area contributed by atoms with E-state index in [0.717, 1.165) is 21.8 Å². The standard InChI is InChI=1S/C25H23ClN6OS/c26-18-6-9-23(27)22(11-18)24(28)15-30-34-21-12-20(13-29-14-21)31-19-7-4-17(5-8-19)16-32-10-2-1-3-25(32)33/h1-14,28,30-31H,15-16,27H2. The summed E-state index contributed by atoms with van der Waals surface area (Å²) < 4.78 is 4.84. The lowest BCUT2D eigenvalue weighted by atomic mass is 10.1. The molecule has 0 aliphatic rings. The van der Waals surface area contributed by atoms with E-state index in [-0.39, 0.29) is 5.56 Å². The molecule has 34 heavy (non-hydrogen) atoms. The molecule has 0 bridgehead atoms. The third-order valence-electron chi connectivity index (χ3n) is 4.99. The highest BCUT2D eigenvalue weighted by atomic mass is 35.5. The number of benzene rings is 2. The summed E-state index contributed by atoms with van der Waals surface area (Å²) in [7, 11) is 0. The van der Waals surface area contributed by atoms with Crippen LogP contribution in [0.25, 0.3) is 0 Å². The molecule has 0 saturated carbocycles. The van der Waals surface area contributed by atoms with Crippen molar-refractivity contribution in [1.29, 1.82) is 5.41 Å². The van der Waals surface area contributed by atoms with Crippen LogP contribution in [0.2, 0.25) is 5.02 Å². The molecule has 0 spiro atoms. The summed E-state index contributed by atoms with van der Waals surface area (Å²) in [6.45, 7) is 0.841. The average Bonchev–Trinajstić information content (AvgIpc) is 2.83. The lowest BCUT2D eigenvalue weighted by molar-refractivity contribution is 0.759. The molecule has 0 aliphatic heterocycles. The molecule has 4 rings (SSSR count). The second-order valence-electron chi connectivity index (χ2n) is 7.53. The quantitative estimate of drug-likeness (QED) is 0.150. The van der Waals surface area contributed by atoms with Gasteiger partial charge in [0.05, 0.1) is 24.1 Å². The Kier molecular flexibility index (Phi) is 7.64. The lowest BCUT2D eigenvalue weighted by Gasteiger charge is -2.11. The number of nitrogen functional groups attached to an aromatic ring is 1. The number of aromatic nitrogens is 2. The minimum absolute atomic E-state index is 0.0233. The molecule has 0 saturated heterocycles. The van der Waals surface area contributed by atoms with Crippen LogP contribution in [-0.4, -0.2) is 21.8 Å². The summed E-state index contributed by atoms with van der Waals surface area (Å²) in [5.41, 5.74) is 10.2. The number of pyridine rings is 2. The minimum Gasteiger partial charge on any atom is -0.398 e. The first-order chi connectivity index (χ1) is 16.5. The number of nitrogens with one attached hydrogen (secondary N) is 3. The Hall–Kier alpha value is -3.59. The van der Waals surface area contributed by atoms with Crippen LogP contribution in [0, 0.1) is 5.41 Å². The van der Waals surface area contributed by atoms with Crippen molar-refractivity contribution in [2.75, 3.05) is 17.6 Å². The van der Waals surface area contributed by atoms with Gasteiger partial charge in [-0.05, 0) is 60.0 Å². The Labute approximate surface area is 206 Å². The zero-order valence-electron chi connectivity index (χ0n) is 18.2. The van der Waals surface area contributed by atoms with Gasteiger partial charge in [0.25, 0.3) is 5.56 Å². The molecule has 2 aromatic carbocycles. The van der Waals surface area contributed by atoms with Crippen LogP contribution in [0.15, 0.2) is 95.0 Å². The molecule has 0 unspecified atom stereocenters. The van der Waals surface area contributed by atoms with Gasteiger partial charge in [-0.15, -0.1) is 0 Å². The molecule has 0 aliphatic carbocycles. The summed E-state index contributed by atoms with van der Waals surface area (Å²) in [4.78, 5) is 17.1. The number of hydrogen-bond acceptors (Lipinski definition) is 7. The molecule has 172 valence electrons. The maximum absolute atomic E-state index is 11.9. The van der Waals surface area contributed by atoms with Gasteiger partial charge in [-0.3, -0.25) is 14.5 Å². The van der Waals surface area contributed by atoms with Crippen molar-refractivity contribution >= 4 is 46.3 Å². The van der Waals surface area contributed by atoms with Crippen LogP contribution in [-0.2, 0) is 6.54 Å². The van der Waals surface area contributed by atoms with Gasteiger partial charge in [-0.2, -0.15) is 0 Å². The largest absolute Gasteiger partial charge is 0.398 e. The van der Waals surface area contributed by atoms with Gasteiger partial charge >= 0.3 is 0 Å². The van der Waals surface area contributed by atoms with E-state index in [1.807, 2.05) is 36.4 Å². The molecule has 2 aromatic heterocycles. The van der Waals surface area contributed by atoms with Crippen molar-refractivity contribution in [3.8, 4) is 0 Å². The average molecular weight is 491 g/mol. The first-order valence-electron chi connectivity index (χ1n) is 10.5. The number of rotatable bonds is 9. The summed E-state index contributed by atoms with van der Waals surface area (Å²) >= 11 is 7.40. The fourth-order valence-corrected chi connectivity index (χ4v) is 4.12. The van der Waals surface area contributed by atoms with Gasteiger partial charge in [0.15, 0.2) is 0 Å². The maximum atomic E-state index is 11.9. The zero-order chi connectivity index (χ0) is 23.9. The minimum atomic E-state index is -0.0233. The predicted octanol–water partition coefficient (Wildman–Crippen LogP) is 4.94. The molecule has 0 radical (unpaired) electrons. The predicted molar refractivity (Wildman–Crippen MR) is 140 cm³/mol. The van der Waals surface area contributed by atoms with E-state index in [2.05, 4.69) is 15.0 Å². The lowest BCUT2D eigenvalue weighted by Crippen LogP contribution is -2.18. The van der Waals surface area contributed by atoms with Gasteiger partial charge in [-0.25, -0.2) is 0 Å². The van der Waals surface area contributed by atoms with Crippen molar-refractivity contribution in [1.82, 2.24) is 14.3 Å². The van der Waals surface area contributed by atoms with Crippen LogP contribution in [0.1, 0.15) is 11.1 Å². The third kappa shape index (κ3) is 6.26. The monoisotopic (exact) mass is 490 g/mol. The number of nitrogens with zero attached hydrogens (tertiary/aromatic N) is 2. The van der Waals surface area contributed by atoms with Crippen molar-refractivity contribution in [2.45, 2.75) is 11.4 Å². The highest BCUT2D eigenvalue weighted by molar-refractivity contribution is 7.97. The summed E-state index contributed by atoms with van der Waals surface area (Å²) in [6.07, 6.45) is 5.28. The Morgan fingerprint density at radius 1 is 1.06 bits per heavy atom. The molecule has 9 heteroatoms. The first-order valence-corrected chi connectivity index (χ1v) is 11.7. The van der Waals surface area contributed by atoms with Gasteiger partial charge in [0, 0.05) is 51.9 Å². The van der Waals surface area contributed by atoms with E-state index in [4.69, 9.17) is 22.7 Å². The van der Waals surface area contributed by atoms with Gasteiger partial charge in [0.2, 0.25) is 0 Å². The Morgan fingerprint density at radius 2 is 1.88 bits per heavy atom. The SMILES string of the molecule is N=C(CNSc1cncc(Nc2ccc(Cn3ccccc3=O)cc2)c1)c1cc(Cl)ccc1N. The maximum Gasteiger partial charge on any atom is 0.250 e. The van der Waals surface area contributed by atoms with E-state index in [1.165, 1.54) is 11.9 Å². The number of anilines is 3. The molecule has 0 amide bonds. The van der Waals surface area contributed by atoms with Crippen LogP contribution >= 0.6 is 23.5 Å². The molecule has 0 fully saturated rings. The molecule has 5 N–H and O–H groups in total. The normalized spacial score (nSPS) is 10.7. The molecule has 7 nitrogen and oxygen atoms in total. The van der Waals surface area contributed by atoms with Crippen LogP contribution in [0.3, 0.4) is 0 Å². The molecule has 4 aromatic rings. The Balaban J connectivity index is 1.32. The number of halogens is 1. The molecular weight excluding hydrogens is 468 g/mol. The topological polar surface area (TPSA) is 109 Å². The Bertz CT molecular complexity index is 1360. The molecule has 0 atom stereocenters. The highest BCUT2D eigenvalue weighted by Gasteiger charge is 2.07. The van der Waals surface area contributed by atoms with Crippen LogP contribution in [0.5, 0.6) is 0 Å². The third-order valence-corrected chi connectivity index (χ3v) is 5.97. The van der Waals surface area contributed by atoms with Crippen molar-refractivity contribution < 1.29 is 0 Å². The van der Waals surface area contributed by atoms with Gasteiger partial charge in [-0.1, -0.05) is 29.8 Å². The molecule has 2 heterocycles. The summed E-state index contributed by atoms with van der Waals surface area (Å²) in [5.74, 6) is 0. The van der Waals surface area contributed by atoms with E-state index < -0.39 is 0 Å². The van der Waals surface area contributed by atoms with Gasteiger partial charge < -0.3 is 21.0 Å². The summed E-state index contributed by atoms with van der Waals surface area (Å²) in [5, 5.41) is 12.2. The second kappa shape index (κ2) is 11.0. The van der Waals surface area contributed by atoms with E-state index in [1.54, 1.807) is 53.5 Å². The highest BCUT2D eigenvalue weighted by Crippen LogP contribution is 2.22. The first kappa shape index (κ1) is 23.6.